The summed E-state index contributed by atoms with van der Waals surface area (Å²) in [7, 11) is 0. The number of nitrogen functional groups attached to an aromatic ring is 1. The second kappa shape index (κ2) is 5.20. The number of aromatic nitrogens is 2. The number of ether oxygens (including phenoxy) is 1. The first kappa shape index (κ1) is 13.1. The van der Waals surface area contributed by atoms with E-state index in [-0.39, 0.29) is 17.5 Å². The van der Waals surface area contributed by atoms with E-state index in [4.69, 9.17) is 10.5 Å². The molecule has 1 aromatic heterocycles. The summed E-state index contributed by atoms with van der Waals surface area (Å²) in [6.45, 7) is 0.681. The molecule has 0 amide bonds. The third kappa shape index (κ3) is 2.27. The van der Waals surface area contributed by atoms with Crippen molar-refractivity contribution < 1.29 is 13.5 Å². The van der Waals surface area contributed by atoms with Gasteiger partial charge in [-0.25, -0.2) is 13.5 Å². The molecule has 0 saturated carbocycles. The average molecular weight is 279 g/mol. The fraction of sp³-hybridized carbons (Fsp3) is 0.357. The zero-order chi connectivity index (χ0) is 14.1. The summed E-state index contributed by atoms with van der Waals surface area (Å²) in [6.07, 6.45) is 5.80. The van der Waals surface area contributed by atoms with Gasteiger partial charge in [-0.15, -0.1) is 0 Å². The fourth-order valence-electron chi connectivity index (χ4n) is 2.39. The molecule has 0 spiro atoms. The van der Waals surface area contributed by atoms with Gasteiger partial charge in [-0.05, 0) is 31.4 Å². The molecule has 3 rings (SSSR count). The van der Waals surface area contributed by atoms with Crippen LogP contribution in [0.3, 0.4) is 0 Å². The molecule has 0 bridgehead atoms. The summed E-state index contributed by atoms with van der Waals surface area (Å²) >= 11 is 0. The largest absolute Gasteiger partial charge is 0.396 e. The molecule has 6 heteroatoms. The van der Waals surface area contributed by atoms with E-state index in [2.05, 4.69) is 5.10 Å². The minimum absolute atomic E-state index is 0.0805. The highest BCUT2D eigenvalue weighted by Gasteiger charge is 2.20. The first-order valence-corrected chi connectivity index (χ1v) is 6.56. The Bertz CT molecular complexity index is 621. The topological polar surface area (TPSA) is 53.1 Å². The molecule has 2 aromatic rings. The molecule has 1 fully saturated rings. The highest BCUT2D eigenvalue weighted by atomic mass is 19.1. The summed E-state index contributed by atoms with van der Waals surface area (Å²) in [4.78, 5) is 0. The lowest BCUT2D eigenvalue weighted by Gasteiger charge is -2.22. The quantitative estimate of drug-likeness (QED) is 0.859. The van der Waals surface area contributed by atoms with E-state index in [1.54, 1.807) is 10.9 Å². The van der Waals surface area contributed by atoms with Gasteiger partial charge in [-0.3, -0.25) is 0 Å². The Hall–Kier alpha value is -1.95. The van der Waals surface area contributed by atoms with Gasteiger partial charge >= 0.3 is 0 Å². The van der Waals surface area contributed by atoms with Crippen LogP contribution in [0.15, 0.2) is 24.5 Å². The van der Waals surface area contributed by atoms with Crippen molar-refractivity contribution in [2.45, 2.75) is 25.5 Å². The van der Waals surface area contributed by atoms with Crippen LogP contribution in [-0.4, -0.2) is 16.4 Å². The van der Waals surface area contributed by atoms with E-state index in [0.29, 0.717) is 12.2 Å². The summed E-state index contributed by atoms with van der Waals surface area (Å²) in [5.74, 6) is -1.41. The molecule has 1 unspecified atom stereocenters. The Labute approximate surface area is 115 Å². The SMILES string of the molecule is Nc1ccc(F)c(-c2cnn(C3CCCCO3)c2)c1F. The van der Waals surface area contributed by atoms with Crippen molar-refractivity contribution in [1.82, 2.24) is 9.78 Å². The number of rotatable bonds is 2. The number of nitrogens with two attached hydrogens (primary N) is 1. The number of halogens is 2. The van der Waals surface area contributed by atoms with Gasteiger partial charge in [0.25, 0.3) is 0 Å². The van der Waals surface area contributed by atoms with E-state index in [0.717, 1.165) is 25.3 Å². The Morgan fingerprint density at radius 3 is 2.90 bits per heavy atom. The first-order valence-electron chi connectivity index (χ1n) is 6.56. The molecule has 1 atom stereocenters. The van der Waals surface area contributed by atoms with E-state index >= 15 is 0 Å². The maximum atomic E-state index is 14.0. The molecular formula is C14H15F2N3O. The van der Waals surface area contributed by atoms with Crippen LogP contribution in [0.5, 0.6) is 0 Å². The van der Waals surface area contributed by atoms with Crippen LogP contribution in [0.25, 0.3) is 11.1 Å². The molecule has 2 N–H and O–H groups in total. The Kier molecular flexibility index (Phi) is 3.40. The van der Waals surface area contributed by atoms with Gasteiger partial charge in [0, 0.05) is 18.4 Å². The summed E-state index contributed by atoms with van der Waals surface area (Å²) < 4.78 is 35.0. The molecule has 1 aliphatic rings. The lowest BCUT2D eigenvalue weighted by molar-refractivity contribution is -0.0394. The van der Waals surface area contributed by atoms with Crippen molar-refractivity contribution in [2.24, 2.45) is 0 Å². The predicted octanol–water partition coefficient (Wildman–Crippen LogP) is 3.11. The van der Waals surface area contributed by atoms with Gasteiger partial charge in [0.05, 0.1) is 17.4 Å². The minimum Gasteiger partial charge on any atom is -0.396 e. The Morgan fingerprint density at radius 2 is 2.15 bits per heavy atom. The van der Waals surface area contributed by atoms with E-state index < -0.39 is 11.6 Å². The third-order valence-corrected chi connectivity index (χ3v) is 3.46. The molecule has 1 aromatic carbocycles. The summed E-state index contributed by atoms with van der Waals surface area (Å²) in [6, 6.07) is 2.37. The molecule has 106 valence electrons. The van der Waals surface area contributed by atoms with Gasteiger partial charge < -0.3 is 10.5 Å². The maximum Gasteiger partial charge on any atom is 0.156 e. The number of hydrogen-bond acceptors (Lipinski definition) is 3. The van der Waals surface area contributed by atoms with Gasteiger partial charge in [0.15, 0.2) is 5.82 Å². The highest BCUT2D eigenvalue weighted by molar-refractivity contribution is 5.68. The van der Waals surface area contributed by atoms with Crippen LogP contribution < -0.4 is 5.73 Å². The van der Waals surface area contributed by atoms with Crippen molar-refractivity contribution >= 4 is 5.69 Å². The van der Waals surface area contributed by atoms with Gasteiger partial charge in [-0.2, -0.15) is 5.10 Å². The second-order valence-corrected chi connectivity index (χ2v) is 4.86. The van der Waals surface area contributed by atoms with E-state index in [9.17, 15) is 8.78 Å². The maximum absolute atomic E-state index is 14.0. The fourth-order valence-corrected chi connectivity index (χ4v) is 2.39. The van der Waals surface area contributed by atoms with Crippen LogP contribution in [-0.2, 0) is 4.74 Å². The van der Waals surface area contributed by atoms with Gasteiger partial charge in [0.1, 0.15) is 12.0 Å². The van der Waals surface area contributed by atoms with Crippen molar-refractivity contribution in [3.63, 3.8) is 0 Å². The monoisotopic (exact) mass is 279 g/mol. The smallest absolute Gasteiger partial charge is 0.156 e. The lowest BCUT2D eigenvalue weighted by Crippen LogP contribution is -2.18. The highest BCUT2D eigenvalue weighted by Crippen LogP contribution is 2.30. The molecule has 1 aliphatic heterocycles. The summed E-state index contributed by atoms with van der Waals surface area (Å²) in [5, 5.41) is 4.15. The van der Waals surface area contributed by atoms with Crippen molar-refractivity contribution in [2.75, 3.05) is 12.3 Å². The van der Waals surface area contributed by atoms with Crippen LogP contribution in [0, 0.1) is 11.6 Å². The minimum atomic E-state index is -0.755. The molecule has 2 heterocycles. The molecule has 1 saturated heterocycles. The third-order valence-electron chi connectivity index (χ3n) is 3.46. The molecular weight excluding hydrogens is 264 g/mol. The van der Waals surface area contributed by atoms with Crippen LogP contribution in [0.1, 0.15) is 25.5 Å². The predicted molar refractivity (Wildman–Crippen MR) is 70.8 cm³/mol. The van der Waals surface area contributed by atoms with Crippen LogP contribution in [0.2, 0.25) is 0 Å². The van der Waals surface area contributed by atoms with Gasteiger partial charge in [-0.1, -0.05) is 0 Å². The van der Waals surface area contributed by atoms with Crippen molar-refractivity contribution in [3.05, 3.63) is 36.2 Å². The molecule has 0 aliphatic carbocycles. The number of hydrogen-bond donors (Lipinski definition) is 1. The van der Waals surface area contributed by atoms with Gasteiger partial charge in [0.2, 0.25) is 0 Å². The lowest BCUT2D eigenvalue weighted by atomic mass is 10.1. The Morgan fingerprint density at radius 1 is 1.30 bits per heavy atom. The van der Waals surface area contributed by atoms with E-state index in [1.165, 1.54) is 12.3 Å². The first-order chi connectivity index (χ1) is 9.66. The zero-order valence-corrected chi connectivity index (χ0v) is 10.9. The second-order valence-electron chi connectivity index (χ2n) is 4.86. The van der Waals surface area contributed by atoms with Crippen LogP contribution in [0.4, 0.5) is 14.5 Å². The van der Waals surface area contributed by atoms with Crippen LogP contribution >= 0.6 is 0 Å². The zero-order valence-electron chi connectivity index (χ0n) is 10.9. The standard InChI is InChI=1S/C14H15F2N3O/c15-10-4-5-11(17)14(16)13(10)9-7-18-19(8-9)12-3-1-2-6-20-12/h4-5,7-8,12H,1-3,6,17H2. The van der Waals surface area contributed by atoms with Crippen molar-refractivity contribution in [1.29, 1.82) is 0 Å². The molecule has 4 nitrogen and oxygen atoms in total. The normalized spacial score (nSPS) is 19.2. The Balaban J connectivity index is 1.96. The van der Waals surface area contributed by atoms with Crippen molar-refractivity contribution in [3.8, 4) is 11.1 Å². The number of nitrogens with zero attached hydrogens (tertiary/aromatic N) is 2. The summed E-state index contributed by atoms with van der Waals surface area (Å²) in [5.41, 5.74) is 5.62. The number of benzene rings is 1. The average Bonchev–Trinajstić information content (AvgIpc) is 2.94. The van der Waals surface area contributed by atoms with E-state index in [1.807, 2.05) is 0 Å². The number of anilines is 1. The molecule has 20 heavy (non-hydrogen) atoms. The molecule has 0 radical (unpaired) electrons.